The normalized spacial score (nSPS) is 13.3. The highest BCUT2D eigenvalue weighted by Gasteiger charge is 2.16. The van der Waals surface area contributed by atoms with Gasteiger partial charge in [-0.25, -0.2) is 0 Å². The fourth-order valence-corrected chi connectivity index (χ4v) is 3.13. The van der Waals surface area contributed by atoms with Crippen molar-refractivity contribution in [1.29, 1.82) is 0 Å². The Balaban J connectivity index is 1.67. The van der Waals surface area contributed by atoms with Gasteiger partial charge < -0.3 is 14.8 Å². The Morgan fingerprint density at radius 3 is 3.00 bits per heavy atom. The van der Waals surface area contributed by atoms with Gasteiger partial charge in [0.05, 0.1) is 13.2 Å². The van der Waals surface area contributed by atoms with Gasteiger partial charge in [-0.1, -0.05) is 22.4 Å². The molecule has 0 unspecified atom stereocenters. The minimum Gasteiger partial charge on any atom is -0.493 e. The molecule has 4 heteroatoms. The van der Waals surface area contributed by atoms with E-state index in [0.717, 1.165) is 44.9 Å². The summed E-state index contributed by atoms with van der Waals surface area (Å²) < 4.78 is 11.9. The van der Waals surface area contributed by atoms with Crippen LogP contribution in [-0.4, -0.2) is 33.4 Å². The first-order chi connectivity index (χ1) is 9.81. The first kappa shape index (κ1) is 15.8. The van der Waals surface area contributed by atoms with Gasteiger partial charge in [0.2, 0.25) is 0 Å². The predicted octanol–water partition coefficient (Wildman–Crippen LogP) is 3.33. The fourth-order valence-electron chi connectivity index (χ4n) is 2.57. The van der Waals surface area contributed by atoms with Gasteiger partial charge in [-0.05, 0) is 49.1 Å². The lowest BCUT2D eigenvalue weighted by molar-refractivity contribution is 0.199. The van der Waals surface area contributed by atoms with Gasteiger partial charge in [-0.3, -0.25) is 0 Å². The summed E-state index contributed by atoms with van der Waals surface area (Å²) in [6, 6.07) is 4.40. The van der Waals surface area contributed by atoms with Crippen LogP contribution in [0, 0.1) is 0 Å². The minimum absolute atomic E-state index is 0.793. The van der Waals surface area contributed by atoms with E-state index in [1.54, 1.807) is 7.11 Å². The molecule has 0 amide bonds. The Labute approximate surface area is 130 Å². The lowest BCUT2D eigenvalue weighted by Crippen LogP contribution is -2.20. The van der Waals surface area contributed by atoms with Crippen LogP contribution in [0.4, 0.5) is 0 Å². The lowest BCUT2D eigenvalue weighted by atomic mass is 10.0. The van der Waals surface area contributed by atoms with Crippen LogP contribution in [0.1, 0.15) is 30.4 Å². The monoisotopic (exact) mass is 341 g/mol. The summed E-state index contributed by atoms with van der Waals surface area (Å²) in [4.78, 5) is 0. The number of methoxy groups -OCH3 is 1. The fraction of sp³-hybridized carbons (Fsp3) is 0.625. The molecule has 1 heterocycles. The largest absolute Gasteiger partial charge is 0.493 e. The zero-order valence-electron chi connectivity index (χ0n) is 12.2. The molecular formula is C16H24BrNO2. The van der Waals surface area contributed by atoms with Crippen molar-refractivity contribution < 1.29 is 9.47 Å². The van der Waals surface area contributed by atoms with Gasteiger partial charge >= 0.3 is 0 Å². The predicted molar refractivity (Wildman–Crippen MR) is 85.6 cm³/mol. The number of aryl methyl sites for hydroxylation is 1. The summed E-state index contributed by atoms with van der Waals surface area (Å²) in [6.07, 6.45) is 5.85. The molecule has 20 heavy (non-hydrogen) atoms. The quantitative estimate of drug-likeness (QED) is 0.699. The van der Waals surface area contributed by atoms with E-state index in [9.17, 15) is 0 Å². The molecule has 0 spiro atoms. The summed E-state index contributed by atoms with van der Waals surface area (Å²) in [5, 5.41) is 3.38. The van der Waals surface area contributed by atoms with E-state index in [2.05, 4.69) is 33.4 Å². The summed E-state index contributed by atoms with van der Waals surface area (Å²) in [6.45, 7) is 3.66. The topological polar surface area (TPSA) is 30.5 Å². The molecule has 0 bridgehead atoms. The molecule has 2 rings (SSSR count). The molecule has 0 aliphatic carbocycles. The molecule has 0 radical (unpaired) electrons. The van der Waals surface area contributed by atoms with Crippen LogP contribution < -0.4 is 10.1 Å². The zero-order valence-corrected chi connectivity index (χ0v) is 13.8. The molecular weight excluding hydrogens is 318 g/mol. The second kappa shape index (κ2) is 8.65. The summed E-state index contributed by atoms with van der Waals surface area (Å²) in [5.41, 5.74) is 2.72. The number of fused-ring (bicyclic) bond motifs is 1. The van der Waals surface area contributed by atoms with Gasteiger partial charge in [-0.2, -0.15) is 0 Å². The van der Waals surface area contributed by atoms with E-state index in [-0.39, 0.29) is 0 Å². The maximum absolute atomic E-state index is 5.76. The first-order valence-corrected chi connectivity index (χ1v) is 8.24. The number of benzene rings is 1. The Morgan fingerprint density at radius 2 is 2.15 bits per heavy atom. The Bertz CT molecular complexity index is 423. The number of halogens is 1. The molecule has 1 aliphatic rings. The van der Waals surface area contributed by atoms with E-state index in [0.29, 0.717) is 0 Å². The molecule has 0 atom stereocenters. The van der Waals surface area contributed by atoms with Crippen molar-refractivity contribution in [3.05, 3.63) is 27.7 Å². The van der Waals surface area contributed by atoms with Gasteiger partial charge in [0.15, 0.2) is 0 Å². The van der Waals surface area contributed by atoms with Crippen LogP contribution in [-0.2, 0) is 17.6 Å². The van der Waals surface area contributed by atoms with Gasteiger partial charge in [0, 0.05) is 24.5 Å². The standard InChI is InChI=1S/C16H24BrNO2/c1-19-10-8-18-7-4-2-3-5-13-11-15(17)12-14-6-9-20-16(13)14/h11-12,18H,2-10H2,1H3. The number of nitrogens with one attached hydrogen (secondary N) is 1. The second-order valence-electron chi connectivity index (χ2n) is 5.21. The van der Waals surface area contributed by atoms with Gasteiger partial charge in [0.1, 0.15) is 5.75 Å². The van der Waals surface area contributed by atoms with E-state index < -0.39 is 0 Å². The molecule has 1 aliphatic heterocycles. The number of hydrogen-bond acceptors (Lipinski definition) is 3. The van der Waals surface area contributed by atoms with Gasteiger partial charge in [0.25, 0.3) is 0 Å². The first-order valence-electron chi connectivity index (χ1n) is 7.45. The zero-order chi connectivity index (χ0) is 14.2. The Hall–Kier alpha value is -0.580. The third kappa shape index (κ3) is 4.76. The molecule has 0 saturated carbocycles. The third-order valence-electron chi connectivity index (χ3n) is 3.61. The number of rotatable bonds is 9. The molecule has 1 aromatic rings. The van der Waals surface area contributed by atoms with Crippen LogP contribution >= 0.6 is 15.9 Å². The maximum Gasteiger partial charge on any atom is 0.125 e. The van der Waals surface area contributed by atoms with Crippen LogP contribution in [0.3, 0.4) is 0 Å². The molecule has 112 valence electrons. The highest BCUT2D eigenvalue weighted by Crippen LogP contribution is 2.33. The summed E-state index contributed by atoms with van der Waals surface area (Å²) in [5.74, 6) is 1.14. The highest BCUT2D eigenvalue weighted by atomic mass is 79.9. The molecule has 1 aromatic carbocycles. The summed E-state index contributed by atoms with van der Waals surface area (Å²) >= 11 is 3.60. The molecule has 0 aromatic heterocycles. The van der Waals surface area contributed by atoms with Crippen molar-refractivity contribution in [3.63, 3.8) is 0 Å². The lowest BCUT2D eigenvalue weighted by Gasteiger charge is -2.09. The third-order valence-corrected chi connectivity index (χ3v) is 4.07. The summed E-state index contributed by atoms with van der Waals surface area (Å²) in [7, 11) is 1.74. The van der Waals surface area contributed by atoms with E-state index >= 15 is 0 Å². The average molecular weight is 342 g/mol. The van der Waals surface area contributed by atoms with E-state index in [4.69, 9.17) is 9.47 Å². The van der Waals surface area contributed by atoms with Crippen molar-refractivity contribution in [1.82, 2.24) is 5.32 Å². The van der Waals surface area contributed by atoms with Crippen molar-refractivity contribution in [2.24, 2.45) is 0 Å². The molecule has 0 saturated heterocycles. The van der Waals surface area contributed by atoms with Crippen LogP contribution in [0.25, 0.3) is 0 Å². The maximum atomic E-state index is 5.76. The SMILES string of the molecule is COCCNCCCCCc1cc(Br)cc2c1OCC2. The van der Waals surface area contributed by atoms with Crippen molar-refractivity contribution in [3.8, 4) is 5.75 Å². The number of hydrogen-bond donors (Lipinski definition) is 1. The molecule has 1 N–H and O–H groups in total. The van der Waals surface area contributed by atoms with E-state index in [1.165, 1.54) is 34.9 Å². The van der Waals surface area contributed by atoms with Crippen molar-refractivity contribution in [2.75, 3.05) is 33.4 Å². The van der Waals surface area contributed by atoms with Gasteiger partial charge in [-0.15, -0.1) is 0 Å². The number of unbranched alkanes of at least 4 members (excludes halogenated alkanes) is 2. The van der Waals surface area contributed by atoms with Crippen LogP contribution in [0.2, 0.25) is 0 Å². The highest BCUT2D eigenvalue weighted by molar-refractivity contribution is 9.10. The number of ether oxygens (including phenoxy) is 2. The minimum atomic E-state index is 0.793. The van der Waals surface area contributed by atoms with Crippen molar-refractivity contribution >= 4 is 15.9 Å². The Morgan fingerprint density at radius 1 is 1.25 bits per heavy atom. The average Bonchev–Trinajstić information content (AvgIpc) is 2.89. The van der Waals surface area contributed by atoms with Crippen LogP contribution in [0.5, 0.6) is 5.75 Å². The van der Waals surface area contributed by atoms with Crippen molar-refractivity contribution in [2.45, 2.75) is 32.1 Å². The Kier molecular flexibility index (Phi) is 6.83. The molecule has 0 fully saturated rings. The van der Waals surface area contributed by atoms with Crippen LogP contribution in [0.15, 0.2) is 16.6 Å². The molecule has 3 nitrogen and oxygen atoms in total. The van der Waals surface area contributed by atoms with E-state index in [1.807, 2.05) is 0 Å². The smallest absolute Gasteiger partial charge is 0.125 e. The second-order valence-corrected chi connectivity index (χ2v) is 6.12.